The van der Waals surface area contributed by atoms with Crippen LogP contribution in [0.4, 0.5) is 4.79 Å². The van der Waals surface area contributed by atoms with Gasteiger partial charge in [0.25, 0.3) is 0 Å². The number of hydrogen-bond donors (Lipinski definition) is 4. The molecule has 1 aromatic rings. The summed E-state index contributed by atoms with van der Waals surface area (Å²) in [6.45, 7) is 1.09. The number of hydrogen-bond acceptors (Lipinski definition) is 3. The van der Waals surface area contributed by atoms with E-state index in [1.54, 1.807) is 0 Å². The number of carboxylic acids is 1. The second kappa shape index (κ2) is 6.02. The third kappa shape index (κ3) is 4.42. The summed E-state index contributed by atoms with van der Waals surface area (Å²) in [5.41, 5.74) is -1.04. The highest BCUT2D eigenvalue weighted by Crippen LogP contribution is 2.01. The molecule has 1 aromatic carbocycles. The van der Waals surface area contributed by atoms with E-state index in [4.69, 9.17) is 5.11 Å². The topological polar surface area (TPSA) is 98.7 Å². The Morgan fingerprint density at radius 2 is 1.83 bits per heavy atom. The van der Waals surface area contributed by atoms with Crippen molar-refractivity contribution < 1.29 is 19.8 Å². The van der Waals surface area contributed by atoms with Gasteiger partial charge >= 0.3 is 12.0 Å². The first-order valence-electron chi connectivity index (χ1n) is 5.43. The number of benzene rings is 1. The highest BCUT2D eigenvalue weighted by molar-refractivity contribution is 5.79. The average molecular weight is 252 g/mol. The van der Waals surface area contributed by atoms with Crippen molar-refractivity contribution in [3.05, 3.63) is 35.9 Å². The highest BCUT2D eigenvalue weighted by atomic mass is 16.4. The van der Waals surface area contributed by atoms with Crippen LogP contribution in [-0.2, 0) is 11.3 Å². The fourth-order valence-electron chi connectivity index (χ4n) is 1.17. The minimum atomic E-state index is -1.97. The zero-order chi connectivity index (χ0) is 13.6. The van der Waals surface area contributed by atoms with E-state index in [0.29, 0.717) is 6.54 Å². The number of aliphatic carboxylic acids is 1. The molecule has 0 saturated carbocycles. The number of amides is 2. The number of carbonyl (C=O) groups excluding carboxylic acids is 1. The van der Waals surface area contributed by atoms with Gasteiger partial charge in [-0.15, -0.1) is 0 Å². The molecule has 0 bridgehead atoms. The minimum Gasteiger partial charge on any atom is -0.479 e. The van der Waals surface area contributed by atoms with Crippen molar-refractivity contribution in [3.8, 4) is 0 Å². The Hall–Kier alpha value is -2.08. The maximum absolute atomic E-state index is 11.4. The molecule has 6 heteroatoms. The molecule has 0 aliphatic heterocycles. The summed E-state index contributed by atoms with van der Waals surface area (Å²) in [5.74, 6) is -1.38. The third-order valence-electron chi connectivity index (χ3n) is 2.35. The molecule has 0 heterocycles. The van der Waals surface area contributed by atoms with E-state index < -0.39 is 17.6 Å². The van der Waals surface area contributed by atoms with Gasteiger partial charge in [0.05, 0.1) is 6.54 Å². The van der Waals surface area contributed by atoms with Crippen LogP contribution in [0.3, 0.4) is 0 Å². The van der Waals surface area contributed by atoms with Crippen LogP contribution in [0.2, 0.25) is 0 Å². The quantitative estimate of drug-likeness (QED) is 0.606. The van der Waals surface area contributed by atoms with E-state index in [0.717, 1.165) is 12.5 Å². The van der Waals surface area contributed by atoms with Gasteiger partial charge in [0.15, 0.2) is 5.60 Å². The number of carboxylic acid groups (broad SMARTS) is 1. The lowest BCUT2D eigenvalue weighted by Gasteiger charge is -2.18. The summed E-state index contributed by atoms with van der Waals surface area (Å²) in [4.78, 5) is 22.0. The number of rotatable bonds is 5. The van der Waals surface area contributed by atoms with E-state index in [-0.39, 0.29) is 6.54 Å². The van der Waals surface area contributed by atoms with E-state index in [1.165, 1.54) is 0 Å². The van der Waals surface area contributed by atoms with Crippen molar-refractivity contribution in [1.29, 1.82) is 0 Å². The second-order valence-corrected chi connectivity index (χ2v) is 4.10. The molecule has 98 valence electrons. The van der Waals surface area contributed by atoms with Gasteiger partial charge in [-0.3, -0.25) is 0 Å². The first-order valence-corrected chi connectivity index (χ1v) is 5.43. The minimum absolute atomic E-state index is 0.335. The molecule has 0 aliphatic rings. The normalized spacial score (nSPS) is 13.4. The van der Waals surface area contributed by atoms with Gasteiger partial charge in [0.2, 0.25) is 0 Å². The maximum Gasteiger partial charge on any atom is 0.337 e. The fraction of sp³-hybridized carbons (Fsp3) is 0.333. The number of nitrogens with one attached hydrogen (secondary N) is 2. The van der Waals surface area contributed by atoms with Crippen molar-refractivity contribution in [2.24, 2.45) is 0 Å². The third-order valence-corrected chi connectivity index (χ3v) is 2.35. The summed E-state index contributed by atoms with van der Waals surface area (Å²) in [6, 6.07) is 8.75. The van der Waals surface area contributed by atoms with Crippen molar-refractivity contribution in [2.45, 2.75) is 19.1 Å². The first-order chi connectivity index (χ1) is 8.42. The molecule has 0 saturated heterocycles. The van der Waals surface area contributed by atoms with Crippen molar-refractivity contribution in [1.82, 2.24) is 10.6 Å². The molecule has 18 heavy (non-hydrogen) atoms. The second-order valence-electron chi connectivity index (χ2n) is 4.10. The highest BCUT2D eigenvalue weighted by Gasteiger charge is 2.30. The largest absolute Gasteiger partial charge is 0.479 e. The van der Waals surface area contributed by atoms with Crippen molar-refractivity contribution in [3.63, 3.8) is 0 Å². The Morgan fingerprint density at radius 3 is 2.39 bits per heavy atom. The van der Waals surface area contributed by atoms with Crippen LogP contribution >= 0.6 is 0 Å². The molecule has 6 nitrogen and oxygen atoms in total. The Labute approximate surface area is 105 Å². The van der Waals surface area contributed by atoms with Crippen LogP contribution in [0.15, 0.2) is 30.3 Å². The van der Waals surface area contributed by atoms with E-state index >= 15 is 0 Å². The van der Waals surface area contributed by atoms with Crippen LogP contribution in [0, 0.1) is 0 Å². The fourth-order valence-corrected chi connectivity index (χ4v) is 1.17. The van der Waals surface area contributed by atoms with Gasteiger partial charge in [-0.1, -0.05) is 30.3 Å². The molecular formula is C12H16N2O4. The summed E-state index contributed by atoms with van der Waals surface area (Å²) in [5, 5.41) is 22.9. The first kappa shape index (κ1) is 14.0. The molecule has 0 spiro atoms. The van der Waals surface area contributed by atoms with Gasteiger partial charge in [-0.2, -0.15) is 0 Å². The average Bonchev–Trinajstić information content (AvgIpc) is 2.35. The predicted molar refractivity (Wildman–Crippen MR) is 64.9 cm³/mol. The monoisotopic (exact) mass is 252 g/mol. The lowest BCUT2D eigenvalue weighted by atomic mass is 10.1. The lowest BCUT2D eigenvalue weighted by Crippen LogP contribution is -2.48. The lowest BCUT2D eigenvalue weighted by molar-refractivity contribution is -0.155. The van der Waals surface area contributed by atoms with E-state index in [2.05, 4.69) is 10.6 Å². The van der Waals surface area contributed by atoms with E-state index in [9.17, 15) is 14.7 Å². The Kier molecular flexibility index (Phi) is 4.67. The van der Waals surface area contributed by atoms with Crippen LogP contribution in [0.25, 0.3) is 0 Å². The van der Waals surface area contributed by atoms with Gasteiger partial charge < -0.3 is 20.8 Å². The zero-order valence-electron chi connectivity index (χ0n) is 10.0. The van der Waals surface area contributed by atoms with E-state index in [1.807, 2.05) is 30.3 Å². The summed E-state index contributed by atoms with van der Waals surface area (Å²) in [6.07, 6.45) is 0. The molecule has 0 fully saturated rings. The molecule has 1 atom stereocenters. The molecule has 0 aliphatic carbocycles. The Morgan fingerprint density at radius 1 is 1.22 bits per heavy atom. The molecule has 1 unspecified atom stereocenters. The molecule has 2 amide bonds. The van der Waals surface area contributed by atoms with Gasteiger partial charge in [-0.05, 0) is 12.5 Å². The SMILES string of the molecule is CC(O)(CNC(=O)NCc1ccccc1)C(=O)O. The number of carbonyl (C=O) groups is 2. The van der Waals surface area contributed by atoms with Gasteiger partial charge in [0.1, 0.15) is 0 Å². The standard InChI is InChI=1S/C12H16N2O4/c1-12(18,10(15)16)8-14-11(17)13-7-9-5-3-2-4-6-9/h2-6,18H,7-8H2,1H3,(H,15,16)(H2,13,14,17). The van der Waals surface area contributed by atoms with Gasteiger partial charge in [0, 0.05) is 6.54 Å². The summed E-state index contributed by atoms with van der Waals surface area (Å²) < 4.78 is 0. The van der Waals surface area contributed by atoms with Crippen LogP contribution in [0.5, 0.6) is 0 Å². The molecular weight excluding hydrogens is 236 g/mol. The number of urea groups is 1. The smallest absolute Gasteiger partial charge is 0.337 e. The summed E-state index contributed by atoms with van der Waals surface area (Å²) in [7, 11) is 0. The van der Waals surface area contributed by atoms with Crippen LogP contribution < -0.4 is 10.6 Å². The van der Waals surface area contributed by atoms with Crippen molar-refractivity contribution >= 4 is 12.0 Å². The molecule has 1 rings (SSSR count). The van der Waals surface area contributed by atoms with Crippen LogP contribution in [-0.4, -0.2) is 34.4 Å². The summed E-state index contributed by atoms with van der Waals surface area (Å²) >= 11 is 0. The Balaban J connectivity index is 2.33. The van der Waals surface area contributed by atoms with Crippen LogP contribution in [0.1, 0.15) is 12.5 Å². The Bertz CT molecular complexity index is 417. The molecule has 0 aromatic heterocycles. The van der Waals surface area contributed by atoms with Crippen molar-refractivity contribution in [2.75, 3.05) is 6.54 Å². The zero-order valence-corrected chi connectivity index (χ0v) is 10.0. The maximum atomic E-state index is 11.4. The molecule has 4 N–H and O–H groups in total. The molecule has 0 radical (unpaired) electrons. The predicted octanol–water partition coefficient (Wildman–Crippen LogP) is 0.321. The number of aliphatic hydroxyl groups is 1. The van der Waals surface area contributed by atoms with Gasteiger partial charge in [-0.25, -0.2) is 9.59 Å².